The van der Waals surface area contributed by atoms with Crippen molar-refractivity contribution >= 4 is 5.69 Å². The first kappa shape index (κ1) is 10.7. The molecule has 5 heteroatoms. The van der Waals surface area contributed by atoms with E-state index in [0.717, 1.165) is 5.69 Å². The molecule has 1 rings (SSSR count). The van der Waals surface area contributed by atoms with Gasteiger partial charge in [0.1, 0.15) is 6.61 Å². The molecule has 0 aliphatic heterocycles. The van der Waals surface area contributed by atoms with E-state index in [9.17, 15) is 5.11 Å². The summed E-state index contributed by atoms with van der Waals surface area (Å²) in [4.78, 5) is 7.89. The van der Waals surface area contributed by atoms with Gasteiger partial charge in [-0.05, 0) is 13.8 Å². The number of rotatable bonds is 4. The van der Waals surface area contributed by atoms with E-state index in [4.69, 9.17) is 4.74 Å². The van der Waals surface area contributed by atoms with Crippen molar-refractivity contribution in [3.8, 4) is 6.01 Å². The second kappa shape index (κ2) is 4.23. The Labute approximate surface area is 83.2 Å². The zero-order valence-electron chi connectivity index (χ0n) is 8.61. The van der Waals surface area contributed by atoms with Gasteiger partial charge in [0.05, 0.1) is 23.7 Å². The monoisotopic (exact) mass is 197 g/mol. The second-order valence-corrected chi connectivity index (χ2v) is 3.61. The third kappa shape index (κ3) is 3.57. The lowest BCUT2D eigenvalue weighted by atomic mass is 10.2. The topological polar surface area (TPSA) is 67.3 Å². The molecule has 0 aliphatic carbocycles. The van der Waals surface area contributed by atoms with Crippen LogP contribution in [0.2, 0.25) is 0 Å². The SMILES string of the molecule is CNc1cnc(OCC(C)(C)O)nc1. The summed E-state index contributed by atoms with van der Waals surface area (Å²) < 4.78 is 5.17. The van der Waals surface area contributed by atoms with Crippen LogP contribution in [0.4, 0.5) is 5.69 Å². The van der Waals surface area contributed by atoms with Crippen LogP contribution in [0.3, 0.4) is 0 Å². The smallest absolute Gasteiger partial charge is 0.316 e. The molecule has 2 N–H and O–H groups in total. The Hall–Kier alpha value is -1.36. The van der Waals surface area contributed by atoms with E-state index < -0.39 is 5.60 Å². The summed E-state index contributed by atoms with van der Waals surface area (Å²) in [6.45, 7) is 3.50. The van der Waals surface area contributed by atoms with E-state index in [0.29, 0.717) is 0 Å². The van der Waals surface area contributed by atoms with Gasteiger partial charge in [0.25, 0.3) is 0 Å². The summed E-state index contributed by atoms with van der Waals surface area (Å²) in [5, 5.41) is 12.3. The Bertz CT molecular complexity index is 279. The molecule has 0 aliphatic rings. The molecule has 0 aromatic carbocycles. The summed E-state index contributed by atoms with van der Waals surface area (Å²) in [7, 11) is 1.79. The van der Waals surface area contributed by atoms with Crippen molar-refractivity contribution < 1.29 is 9.84 Å². The Balaban J connectivity index is 2.52. The van der Waals surface area contributed by atoms with Crippen LogP contribution >= 0.6 is 0 Å². The highest BCUT2D eigenvalue weighted by atomic mass is 16.5. The molecule has 5 nitrogen and oxygen atoms in total. The molecule has 0 spiro atoms. The fraction of sp³-hybridized carbons (Fsp3) is 0.556. The minimum Gasteiger partial charge on any atom is -0.460 e. The van der Waals surface area contributed by atoms with Gasteiger partial charge in [0.15, 0.2) is 0 Å². The van der Waals surface area contributed by atoms with Crippen molar-refractivity contribution in [1.29, 1.82) is 0 Å². The van der Waals surface area contributed by atoms with Gasteiger partial charge < -0.3 is 15.2 Å². The number of aliphatic hydroxyl groups is 1. The first-order valence-electron chi connectivity index (χ1n) is 4.36. The highest BCUT2D eigenvalue weighted by molar-refractivity contribution is 5.36. The number of nitrogens with one attached hydrogen (secondary N) is 1. The summed E-state index contributed by atoms with van der Waals surface area (Å²) >= 11 is 0. The van der Waals surface area contributed by atoms with Gasteiger partial charge in [0, 0.05) is 7.05 Å². The largest absolute Gasteiger partial charge is 0.460 e. The van der Waals surface area contributed by atoms with E-state index in [1.165, 1.54) is 0 Å². The molecule has 0 saturated heterocycles. The fourth-order valence-electron chi connectivity index (χ4n) is 0.761. The van der Waals surface area contributed by atoms with E-state index in [1.54, 1.807) is 33.3 Å². The first-order valence-corrected chi connectivity index (χ1v) is 4.36. The van der Waals surface area contributed by atoms with Crippen LogP contribution in [-0.4, -0.2) is 34.3 Å². The molecule has 0 atom stereocenters. The molecule has 1 heterocycles. The Kier molecular flexibility index (Phi) is 3.24. The fourth-order valence-corrected chi connectivity index (χ4v) is 0.761. The van der Waals surface area contributed by atoms with E-state index in [-0.39, 0.29) is 12.6 Å². The second-order valence-electron chi connectivity index (χ2n) is 3.61. The summed E-state index contributed by atoms with van der Waals surface area (Å²) in [6, 6.07) is 0.270. The molecule has 0 bridgehead atoms. The lowest BCUT2D eigenvalue weighted by Gasteiger charge is -2.16. The minimum atomic E-state index is -0.870. The van der Waals surface area contributed by atoms with Crippen molar-refractivity contribution in [2.75, 3.05) is 19.0 Å². The molecule has 0 saturated carbocycles. The molecule has 14 heavy (non-hydrogen) atoms. The molecular formula is C9H15N3O2. The number of hydrogen-bond donors (Lipinski definition) is 2. The van der Waals surface area contributed by atoms with Gasteiger partial charge in [-0.1, -0.05) is 0 Å². The molecular weight excluding hydrogens is 182 g/mol. The van der Waals surface area contributed by atoms with Crippen LogP contribution in [0.15, 0.2) is 12.4 Å². The van der Waals surface area contributed by atoms with Gasteiger partial charge in [-0.3, -0.25) is 0 Å². The van der Waals surface area contributed by atoms with Crippen molar-refractivity contribution in [2.45, 2.75) is 19.4 Å². The standard InChI is InChI=1S/C9H15N3O2/c1-9(2,13)6-14-8-11-4-7(10-3)5-12-8/h4-5,10,13H,6H2,1-3H3. The van der Waals surface area contributed by atoms with Gasteiger partial charge in [-0.25, -0.2) is 9.97 Å². The van der Waals surface area contributed by atoms with E-state index >= 15 is 0 Å². The zero-order valence-corrected chi connectivity index (χ0v) is 8.61. The molecule has 78 valence electrons. The number of aromatic nitrogens is 2. The highest BCUT2D eigenvalue weighted by Gasteiger charge is 2.13. The summed E-state index contributed by atoms with van der Waals surface area (Å²) in [6.07, 6.45) is 3.24. The minimum absolute atomic E-state index is 0.173. The quantitative estimate of drug-likeness (QED) is 0.742. The average Bonchev–Trinajstić information content (AvgIpc) is 2.14. The molecule has 0 unspecified atom stereocenters. The predicted octanol–water partition coefficient (Wildman–Crippen LogP) is 0.668. The highest BCUT2D eigenvalue weighted by Crippen LogP contribution is 2.08. The van der Waals surface area contributed by atoms with Gasteiger partial charge in [-0.15, -0.1) is 0 Å². The van der Waals surface area contributed by atoms with Crippen molar-refractivity contribution in [3.63, 3.8) is 0 Å². The van der Waals surface area contributed by atoms with Gasteiger partial charge >= 0.3 is 6.01 Å². The van der Waals surface area contributed by atoms with Gasteiger partial charge in [0.2, 0.25) is 0 Å². The number of ether oxygens (including phenoxy) is 1. The van der Waals surface area contributed by atoms with Crippen LogP contribution in [-0.2, 0) is 0 Å². The normalized spacial score (nSPS) is 11.1. The zero-order chi connectivity index (χ0) is 10.6. The lowest BCUT2D eigenvalue weighted by molar-refractivity contribution is 0.0250. The van der Waals surface area contributed by atoms with Crippen LogP contribution < -0.4 is 10.1 Å². The third-order valence-corrected chi connectivity index (χ3v) is 1.47. The first-order chi connectivity index (χ1) is 6.51. The summed E-state index contributed by atoms with van der Waals surface area (Å²) in [5.74, 6) is 0. The maximum atomic E-state index is 9.39. The van der Waals surface area contributed by atoms with Crippen LogP contribution in [0.1, 0.15) is 13.8 Å². The van der Waals surface area contributed by atoms with E-state index in [2.05, 4.69) is 15.3 Å². The Morgan fingerprint density at radius 3 is 2.43 bits per heavy atom. The molecule has 0 radical (unpaired) electrons. The van der Waals surface area contributed by atoms with Crippen LogP contribution in [0, 0.1) is 0 Å². The maximum Gasteiger partial charge on any atom is 0.316 e. The van der Waals surface area contributed by atoms with Crippen molar-refractivity contribution in [3.05, 3.63) is 12.4 Å². The van der Waals surface area contributed by atoms with Crippen molar-refractivity contribution in [2.24, 2.45) is 0 Å². The molecule has 0 fully saturated rings. The summed E-state index contributed by atoms with van der Waals surface area (Å²) in [5.41, 5.74) is -0.0500. The van der Waals surface area contributed by atoms with Crippen LogP contribution in [0.5, 0.6) is 6.01 Å². The molecule has 1 aromatic heterocycles. The molecule has 0 amide bonds. The Morgan fingerprint density at radius 2 is 2.00 bits per heavy atom. The number of hydrogen-bond acceptors (Lipinski definition) is 5. The van der Waals surface area contributed by atoms with Crippen molar-refractivity contribution in [1.82, 2.24) is 9.97 Å². The van der Waals surface area contributed by atoms with Gasteiger partial charge in [-0.2, -0.15) is 0 Å². The number of anilines is 1. The Morgan fingerprint density at radius 1 is 1.43 bits per heavy atom. The maximum absolute atomic E-state index is 9.39. The van der Waals surface area contributed by atoms with E-state index in [1.807, 2.05) is 0 Å². The number of nitrogens with zero attached hydrogens (tertiary/aromatic N) is 2. The molecule has 1 aromatic rings. The van der Waals surface area contributed by atoms with Crippen LogP contribution in [0.25, 0.3) is 0 Å². The average molecular weight is 197 g/mol. The third-order valence-electron chi connectivity index (χ3n) is 1.47. The predicted molar refractivity (Wildman–Crippen MR) is 53.4 cm³/mol. The lowest BCUT2D eigenvalue weighted by Crippen LogP contribution is -2.28.